The Bertz CT molecular complexity index is 571. The summed E-state index contributed by atoms with van der Waals surface area (Å²) in [7, 11) is 0. The average Bonchev–Trinajstić information content (AvgIpc) is 2.39. The second-order valence-corrected chi connectivity index (χ2v) is 3.57. The smallest absolute Gasteiger partial charge is 0.363 e. The molecule has 0 fully saturated rings. The van der Waals surface area contributed by atoms with Gasteiger partial charge in [0.25, 0.3) is 0 Å². The third-order valence-corrected chi connectivity index (χ3v) is 2.07. The first kappa shape index (κ1) is 14.4. The van der Waals surface area contributed by atoms with Crippen molar-refractivity contribution in [2.24, 2.45) is 10.2 Å². The highest BCUT2D eigenvalue weighted by Gasteiger charge is 2.16. The summed E-state index contributed by atoms with van der Waals surface area (Å²) in [6, 6.07) is 8.52. The molecule has 1 aromatic rings. The van der Waals surface area contributed by atoms with Crippen molar-refractivity contribution < 1.29 is 14.6 Å². The molecule has 0 spiro atoms. The Hall–Kier alpha value is -2.68. The van der Waals surface area contributed by atoms with Gasteiger partial charge in [-0.15, -0.1) is 5.11 Å². The van der Waals surface area contributed by atoms with Crippen LogP contribution in [0.25, 0.3) is 0 Å². The highest BCUT2D eigenvalue weighted by molar-refractivity contribution is 5.89. The number of carbonyl (C=O) groups is 1. The van der Waals surface area contributed by atoms with Gasteiger partial charge in [0.1, 0.15) is 6.07 Å². The zero-order chi connectivity index (χ0) is 14.3. The van der Waals surface area contributed by atoms with E-state index in [9.17, 15) is 9.90 Å². The third kappa shape index (κ3) is 4.24. The monoisotopic (exact) mass is 259 g/mol. The zero-order valence-corrected chi connectivity index (χ0v) is 10.6. The average molecular weight is 259 g/mol. The molecule has 0 unspecified atom stereocenters. The van der Waals surface area contributed by atoms with E-state index in [1.54, 1.807) is 25.1 Å². The maximum absolute atomic E-state index is 11.5. The maximum atomic E-state index is 11.5. The Kier molecular flexibility index (Phi) is 5.23. The van der Waals surface area contributed by atoms with Crippen LogP contribution in [0.1, 0.15) is 12.5 Å². The van der Waals surface area contributed by atoms with Crippen molar-refractivity contribution in [3.05, 3.63) is 41.3 Å². The van der Waals surface area contributed by atoms with Crippen molar-refractivity contribution in [2.45, 2.75) is 13.8 Å². The van der Waals surface area contributed by atoms with Gasteiger partial charge in [0.2, 0.25) is 11.5 Å². The van der Waals surface area contributed by atoms with Gasteiger partial charge in [0, 0.05) is 0 Å². The SMILES string of the molecule is CCOC(=O)/C(N=Nc1cccc(C)c1)=C(/O)C#N. The zero-order valence-electron chi connectivity index (χ0n) is 10.6. The van der Waals surface area contributed by atoms with Gasteiger partial charge >= 0.3 is 5.97 Å². The Morgan fingerprint density at radius 1 is 1.53 bits per heavy atom. The summed E-state index contributed by atoms with van der Waals surface area (Å²) in [6.45, 7) is 3.60. The van der Waals surface area contributed by atoms with Crippen molar-refractivity contribution in [2.75, 3.05) is 6.61 Å². The van der Waals surface area contributed by atoms with Crippen LogP contribution in [-0.2, 0) is 9.53 Å². The van der Waals surface area contributed by atoms with Gasteiger partial charge in [0.05, 0.1) is 12.3 Å². The molecule has 1 N–H and O–H groups in total. The number of hydrogen-bond donors (Lipinski definition) is 1. The lowest BCUT2D eigenvalue weighted by Crippen LogP contribution is -2.08. The second kappa shape index (κ2) is 6.91. The van der Waals surface area contributed by atoms with E-state index in [-0.39, 0.29) is 6.61 Å². The number of esters is 1. The number of ether oxygens (including phenoxy) is 1. The summed E-state index contributed by atoms with van der Waals surface area (Å²) in [4.78, 5) is 11.5. The first-order chi connectivity index (χ1) is 9.08. The molecular formula is C13H13N3O3. The lowest BCUT2D eigenvalue weighted by atomic mass is 10.2. The lowest BCUT2D eigenvalue weighted by molar-refractivity contribution is -0.138. The van der Waals surface area contributed by atoms with Crippen molar-refractivity contribution in [3.63, 3.8) is 0 Å². The van der Waals surface area contributed by atoms with Crippen LogP contribution in [0.5, 0.6) is 0 Å². The quantitative estimate of drug-likeness (QED) is 0.224. The number of rotatable bonds is 4. The van der Waals surface area contributed by atoms with Crippen molar-refractivity contribution in [1.29, 1.82) is 5.26 Å². The number of azo groups is 1. The topological polar surface area (TPSA) is 95.0 Å². The number of aryl methyl sites for hydroxylation is 1. The van der Waals surface area contributed by atoms with Gasteiger partial charge in [0.15, 0.2) is 0 Å². The molecule has 6 nitrogen and oxygen atoms in total. The number of nitriles is 1. The lowest BCUT2D eigenvalue weighted by Gasteiger charge is -2.01. The Morgan fingerprint density at radius 2 is 2.26 bits per heavy atom. The largest absolute Gasteiger partial charge is 0.498 e. The number of aliphatic hydroxyl groups excluding tert-OH is 1. The summed E-state index contributed by atoms with van der Waals surface area (Å²) in [5, 5.41) is 25.3. The Balaban J connectivity index is 3.03. The number of nitrogens with zero attached hydrogens (tertiary/aromatic N) is 3. The second-order valence-electron chi connectivity index (χ2n) is 3.57. The molecule has 0 amide bonds. The Morgan fingerprint density at radius 3 is 2.84 bits per heavy atom. The predicted molar refractivity (Wildman–Crippen MR) is 67.6 cm³/mol. The fraction of sp³-hybridized carbons (Fsp3) is 0.231. The minimum absolute atomic E-state index is 0.112. The first-order valence-corrected chi connectivity index (χ1v) is 5.57. The molecule has 1 rings (SSSR count). The van der Waals surface area contributed by atoms with E-state index in [4.69, 9.17) is 5.26 Å². The van der Waals surface area contributed by atoms with Gasteiger partial charge < -0.3 is 9.84 Å². The van der Waals surface area contributed by atoms with Crippen LogP contribution in [0.4, 0.5) is 5.69 Å². The van der Waals surface area contributed by atoms with Crippen molar-refractivity contribution in [3.8, 4) is 6.07 Å². The molecule has 0 radical (unpaired) electrons. The van der Waals surface area contributed by atoms with Crippen LogP contribution < -0.4 is 0 Å². The van der Waals surface area contributed by atoms with Crippen LogP contribution in [-0.4, -0.2) is 17.7 Å². The van der Waals surface area contributed by atoms with E-state index in [2.05, 4.69) is 15.0 Å². The molecular weight excluding hydrogens is 246 g/mol. The highest BCUT2D eigenvalue weighted by atomic mass is 16.5. The Labute approximate surface area is 110 Å². The summed E-state index contributed by atoms with van der Waals surface area (Å²) in [6.07, 6.45) is 0. The molecule has 0 aliphatic heterocycles. The standard InChI is InChI=1S/C13H13N3O3/c1-3-19-13(18)12(11(17)8-14)16-15-10-6-4-5-9(2)7-10/h4-7,17H,3H2,1-2H3/b12-11-,16-15?. The molecule has 98 valence electrons. The van der Waals surface area contributed by atoms with Gasteiger partial charge in [-0.3, -0.25) is 0 Å². The van der Waals surface area contributed by atoms with Gasteiger partial charge in [-0.2, -0.15) is 10.4 Å². The summed E-state index contributed by atoms with van der Waals surface area (Å²) < 4.78 is 4.68. The molecule has 0 saturated heterocycles. The van der Waals surface area contributed by atoms with Gasteiger partial charge in [-0.05, 0) is 31.5 Å². The van der Waals surface area contributed by atoms with Gasteiger partial charge in [-0.25, -0.2) is 4.79 Å². The van der Waals surface area contributed by atoms with E-state index in [0.717, 1.165) is 5.56 Å². The van der Waals surface area contributed by atoms with Crippen LogP contribution in [0.15, 0.2) is 46.0 Å². The molecule has 6 heteroatoms. The van der Waals surface area contributed by atoms with Crippen LogP contribution >= 0.6 is 0 Å². The van der Waals surface area contributed by atoms with E-state index in [1.807, 2.05) is 13.0 Å². The van der Waals surface area contributed by atoms with Crippen molar-refractivity contribution >= 4 is 11.7 Å². The number of aliphatic hydroxyl groups is 1. The number of benzene rings is 1. The number of carbonyl (C=O) groups excluding carboxylic acids is 1. The van der Waals surface area contributed by atoms with Gasteiger partial charge in [-0.1, -0.05) is 12.1 Å². The number of allylic oxidation sites excluding steroid dienone is 1. The van der Waals surface area contributed by atoms with E-state index >= 15 is 0 Å². The predicted octanol–water partition coefficient (Wildman–Crippen LogP) is 2.94. The highest BCUT2D eigenvalue weighted by Crippen LogP contribution is 2.16. The minimum Gasteiger partial charge on any atom is -0.498 e. The van der Waals surface area contributed by atoms with Crippen LogP contribution in [0.3, 0.4) is 0 Å². The fourth-order valence-corrected chi connectivity index (χ4v) is 1.24. The summed E-state index contributed by atoms with van der Waals surface area (Å²) >= 11 is 0. The molecule has 19 heavy (non-hydrogen) atoms. The van der Waals surface area contributed by atoms with Crippen molar-refractivity contribution in [1.82, 2.24) is 0 Å². The maximum Gasteiger partial charge on any atom is 0.363 e. The molecule has 0 aliphatic rings. The fourth-order valence-electron chi connectivity index (χ4n) is 1.24. The van der Waals surface area contributed by atoms with E-state index < -0.39 is 17.4 Å². The van der Waals surface area contributed by atoms with Crippen LogP contribution in [0, 0.1) is 18.3 Å². The number of hydrogen-bond acceptors (Lipinski definition) is 6. The summed E-state index contributed by atoms with van der Waals surface area (Å²) in [5.74, 6) is -1.71. The van der Waals surface area contributed by atoms with Crippen LogP contribution in [0.2, 0.25) is 0 Å². The molecule has 0 saturated carbocycles. The third-order valence-electron chi connectivity index (χ3n) is 2.07. The summed E-state index contributed by atoms with van der Waals surface area (Å²) in [5.41, 5.74) is 0.973. The first-order valence-electron chi connectivity index (χ1n) is 5.57. The molecule has 0 aromatic heterocycles. The molecule has 0 aliphatic carbocycles. The molecule has 0 bridgehead atoms. The molecule has 0 heterocycles. The van der Waals surface area contributed by atoms with E-state index in [1.165, 1.54) is 6.07 Å². The molecule has 1 aromatic carbocycles. The van der Waals surface area contributed by atoms with E-state index in [0.29, 0.717) is 5.69 Å². The minimum atomic E-state index is -0.891. The molecule has 0 atom stereocenters. The normalized spacial score (nSPS) is 11.8.